The van der Waals surface area contributed by atoms with Crippen LogP contribution >= 0.6 is 0 Å². The predicted molar refractivity (Wildman–Crippen MR) is 106 cm³/mol. The molecule has 3 aromatic rings. The zero-order chi connectivity index (χ0) is 20.1. The number of ether oxygens (including phenoxy) is 3. The summed E-state index contributed by atoms with van der Waals surface area (Å²) >= 11 is 0. The maximum atomic E-state index is 12.2. The lowest BCUT2D eigenvalue weighted by molar-refractivity contribution is -0.144. The summed E-state index contributed by atoms with van der Waals surface area (Å²) in [6, 6.07) is 15.2. The molecule has 146 valence electrons. The Bertz CT molecular complexity index is 961. The van der Waals surface area contributed by atoms with Crippen molar-refractivity contribution < 1.29 is 19.0 Å². The normalized spacial score (nSPS) is 10.6. The molecule has 0 spiro atoms. The van der Waals surface area contributed by atoms with Crippen LogP contribution in [0.3, 0.4) is 0 Å². The van der Waals surface area contributed by atoms with Crippen molar-refractivity contribution in [3.8, 4) is 17.2 Å². The van der Waals surface area contributed by atoms with Gasteiger partial charge in [-0.05, 0) is 55.3 Å². The van der Waals surface area contributed by atoms with E-state index in [-0.39, 0.29) is 19.0 Å². The van der Waals surface area contributed by atoms with Gasteiger partial charge in [0, 0.05) is 5.69 Å². The van der Waals surface area contributed by atoms with Crippen molar-refractivity contribution in [2.24, 2.45) is 0 Å². The van der Waals surface area contributed by atoms with E-state index in [1.807, 2.05) is 54.9 Å². The van der Waals surface area contributed by atoms with Gasteiger partial charge in [-0.3, -0.25) is 4.79 Å². The summed E-state index contributed by atoms with van der Waals surface area (Å²) in [7, 11) is 3.14. The lowest BCUT2D eigenvalue weighted by atomic mass is 10.1. The van der Waals surface area contributed by atoms with Gasteiger partial charge >= 0.3 is 5.97 Å². The van der Waals surface area contributed by atoms with Gasteiger partial charge < -0.3 is 14.2 Å². The summed E-state index contributed by atoms with van der Waals surface area (Å²) in [4.78, 5) is 12.2. The number of methoxy groups -OCH3 is 2. The zero-order valence-electron chi connectivity index (χ0n) is 16.6. The van der Waals surface area contributed by atoms with Crippen LogP contribution in [0, 0.1) is 13.8 Å². The molecule has 2 aromatic carbocycles. The molecule has 0 saturated carbocycles. The number of nitrogens with zero attached hydrogens (tertiary/aromatic N) is 2. The maximum Gasteiger partial charge on any atom is 0.310 e. The summed E-state index contributed by atoms with van der Waals surface area (Å²) in [5.41, 5.74) is 4.76. The topological polar surface area (TPSA) is 62.6 Å². The summed E-state index contributed by atoms with van der Waals surface area (Å²) in [5.74, 6) is 0.921. The number of rotatable bonds is 7. The molecule has 0 unspecified atom stereocenters. The first-order valence-corrected chi connectivity index (χ1v) is 8.99. The number of aryl methyl sites for hydroxylation is 2. The Hall–Kier alpha value is -3.28. The van der Waals surface area contributed by atoms with E-state index < -0.39 is 0 Å². The number of benzene rings is 2. The SMILES string of the molecule is COc1ccc(CC(=O)OCc2ccc(-n3nc(C)cc3C)cc2)cc1OC. The Balaban J connectivity index is 1.58. The van der Waals surface area contributed by atoms with Crippen molar-refractivity contribution in [3.05, 3.63) is 71.0 Å². The van der Waals surface area contributed by atoms with Crippen LogP contribution in [0.1, 0.15) is 22.5 Å². The smallest absolute Gasteiger partial charge is 0.310 e. The highest BCUT2D eigenvalue weighted by Gasteiger charge is 2.10. The number of esters is 1. The second-order valence-electron chi connectivity index (χ2n) is 6.53. The molecule has 0 N–H and O–H groups in total. The van der Waals surface area contributed by atoms with Crippen molar-refractivity contribution in [2.75, 3.05) is 14.2 Å². The van der Waals surface area contributed by atoms with Gasteiger partial charge in [0.1, 0.15) is 6.61 Å². The number of aromatic nitrogens is 2. The number of carbonyl (C=O) groups excluding carboxylic acids is 1. The molecule has 0 bridgehead atoms. The van der Waals surface area contributed by atoms with Crippen LogP contribution in [0.4, 0.5) is 0 Å². The first-order valence-electron chi connectivity index (χ1n) is 8.99. The fraction of sp³-hybridized carbons (Fsp3) is 0.273. The fourth-order valence-corrected chi connectivity index (χ4v) is 3.00. The summed E-state index contributed by atoms with van der Waals surface area (Å²) in [5, 5.41) is 4.47. The minimum absolute atomic E-state index is 0.171. The van der Waals surface area contributed by atoms with Crippen LogP contribution in [-0.4, -0.2) is 30.0 Å². The third-order valence-corrected chi connectivity index (χ3v) is 4.39. The van der Waals surface area contributed by atoms with Crippen LogP contribution < -0.4 is 9.47 Å². The van der Waals surface area contributed by atoms with E-state index in [4.69, 9.17) is 14.2 Å². The van der Waals surface area contributed by atoms with E-state index in [0.717, 1.165) is 28.2 Å². The van der Waals surface area contributed by atoms with Crippen molar-refractivity contribution >= 4 is 5.97 Å². The van der Waals surface area contributed by atoms with Gasteiger partial charge in [0.05, 0.1) is 32.0 Å². The molecule has 0 fully saturated rings. The Morgan fingerprint density at radius 1 is 0.929 bits per heavy atom. The number of carbonyl (C=O) groups is 1. The highest BCUT2D eigenvalue weighted by atomic mass is 16.5. The molecule has 0 radical (unpaired) electrons. The van der Waals surface area contributed by atoms with Crippen molar-refractivity contribution in [1.29, 1.82) is 0 Å². The molecule has 6 heteroatoms. The monoisotopic (exact) mass is 380 g/mol. The van der Waals surface area contributed by atoms with E-state index in [0.29, 0.717) is 11.5 Å². The van der Waals surface area contributed by atoms with Gasteiger partial charge in [-0.2, -0.15) is 5.10 Å². The maximum absolute atomic E-state index is 12.2. The van der Waals surface area contributed by atoms with Gasteiger partial charge in [0.15, 0.2) is 11.5 Å². The largest absolute Gasteiger partial charge is 0.493 e. The molecule has 0 aliphatic rings. The molecule has 0 saturated heterocycles. The Labute approximate surface area is 164 Å². The molecule has 6 nitrogen and oxygen atoms in total. The highest BCUT2D eigenvalue weighted by Crippen LogP contribution is 2.27. The van der Waals surface area contributed by atoms with E-state index in [1.54, 1.807) is 26.4 Å². The molecule has 0 amide bonds. The van der Waals surface area contributed by atoms with Crippen LogP contribution in [-0.2, 0) is 22.6 Å². The van der Waals surface area contributed by atoms with Gasteiger partial charge in [0.25, 0.3) is 0 Å². The molecular weight excluding hydrogens is 356 g/mol. The van der Waals surface area contributed by atoms with Crippen LogP contribution in [0.15, 0.2) is 48.5 Å². The average molecular weight is 380 g/mol. The van der Waals surface area contributed by atoms with E-state index in [2.05, 4.69) is 5.10 Å². The van der Waals surface area contributed by atoms with Crippen LogP contribution in [0.5, 0.6) is 11.5 Å². The Morgan fingerprint density at radius 2 is 1.61 bits per heavy atom. The number of hydrogen-bond donors (Lipinski definition) is 0. The minimum atomic E-state index is -0.296. The molecule has 28 heavy (non-hydrogen) atoms. The molecule has 1 aromatic heterocycles. The van der Waals surface area contributed by atoms with Gasteiger partial charge in [-0.15, -0.1) is 0 Å². The lowest BCUT2D eigenvalue weighted by Crippen LogP contribution is -2.08. The number of hydrogen-bond acceptors (Lipinski definition) is 5. The standard InChI is InChI=1S/C22H24N2O4/c1-15-11-16(2)24(23-15)19-8-5-17(6-9-19)14-28-22(25)13-18-7-10-20(26-3)21(12-18)27-4/h5-12H,13-14H2,1-4H3. The molecule has 0 atom stereocenters. The third-order valence-electron chi connectivity index (χ3n) is 4.39. The van der Waals surface area contributed by atoms with Crippen LogP contribution in [0.2, 0.25) is 0 Å². The van der Waals surface area contributed by atoms with E-state index in [1.165, 1.54) is 0 Å². The molecule has 0 aliphatic carbocycles. The molecule has 0 aliphatic heterocycles. The summed E-state index contributed by atoms with van der Waals surface area (Å²) in [6.07, 6.45) is 0.171. The molecule has 3 rings (SSSR count). The first-order chi connectivity index (χ1) is 13.5. The second kappa shape index (κ2) is 8.61. The van der Waals surface area contributed by atoms with E-state index in [9.17, 15) is 4.79 Å². The molecular formula is C22H24N2O4. The van der Waals surface area contributed by atoms with Crippen molar-refractivity contribution in [2.45, 2.75) is 26.9 Å². The van der Waals surface area contributed by atoms with Gasteiger partial charge in [0.2, 0.25) is 0 Å². The zero-order valence-corrected chi connectivity index (χ0v) is 16.6. The summed E-state index contributed by atoms with van der Waals surface area (Å²) in [6.45, 7) is 4.21. The fourth-order valence-electron chi connectivity index (χ4n) is 3.00. The van der Waals surface area contributed by atoms with Gasteiger partial charge in [-0.25, -0.2) is 4.68 Å². The Morgan fingerprint density at radius 3 is 2.21 bits per heavy atom. The lowest BCUT2D eigenvalue weighted by Gasteiger charge is -2.10. The van der Waals surface area contributed by atoms with Crippen molar-refractivity contribution in [3.63, 3.8) is 0 Å². The van der Waals surface area contributed by atoms with Crippen LogP contribution in [0.25, 0.3) is 5.69 Å². The second-order valence-corrected chi connectivity index (χ2v) is 6.53. The van der Waals surface area contributed by atoms with Gasteiger partial charge in [-0.1, -0.05) is 18.2 Å². The van der Waals surface area contributed by atoms with Crippen molar-refractivity contribution in [1.82, 2.24) is 9.78 Å². The Kier molecular flexibility index (Phi) is 5.99. The third kappa shape index (κ3) is 4.52. The summed E-state index contributed by atoms with van der Waals surface area (Å²) < 4.78 is 17.8. The predicted octanol–water partition coefficient (Wildman–Crippen LogP) is 3.79. The quantitative estimate of drug-likeness (QED) is 0.584. The first kappa shape index (κ1) is 19.5. The molecule has 1 heterocycles. The average Bonchev–Trinajstić information content (AvgIpc) is 3.04. The highest BCUT2D eigenvalue weighted by molar-refractivity contribution is 5.73. The van der Waals surface area contributed by atoms with E-state index >= 15 is 0 Å². The minimum Gasteiger partial charge on any atom is -0.493 e.